The lowest BCUT2D eigenvalue weighted by molar-refractivity contribution is 0.303. The zero-order valence-electron chi connectivity index (χ0n) is 11.4. The van der Waals surface area contributed by atoms with Crippen LogP contribution >= 0.6 is 0 Å². The van der Waals surface area contributed by atoms with Crippen molar-refractivity contribution in [3.05, 3.63) is 35.9 Å². The Morgan fingerprint density at radius 2 is 1.88 bits per heavy atom. The van der Waals surface area contributed by atoms with Crippen molar-refractivity contribution in [1.82, 2.24) is 4.90 Å². The number of hydrogen-bond donors (Lipinski definition) is 0. The van der Waals surface area contributed by atoms with E-state index in [1.807, 2.05) is 0 Å². The summed E-state index contributed by atoms with van der Waals surface area (Å²) < 4.78 is 0. The van der Waals surface area contributed by atoms with Crippen LogP contribution in [0.25, 0.3) is 0 Å². The Bertz CT molecular complexity index is 331. The molecule has 1 fully saturated rings. The van der Waals surface area contributed by atoms with Crippen LogP contribution in [0.3, 0.4) is 0 Å². The van der Waals surface area contributed by atoms with Gasteiger partial charge in [-0.05, 0) is 30.4 Å². The average molecular weight is 231 g/mol. The predicted molar refractivity (Wildman–Crippen MR) is 74.2 cm³/mol. The van der Waals surface area contributed by atoms with E-state index in [-0.39, 0.29) is 0 Å². The second-order valence-corrected chi connectivity index (χ2v) is 5.68. The normalized spacial score (nSPS) is 25.6. The van der Waals surface area contributed by atoms with Crippen molar-refractivity contribution in [1.29, 1.82) is 0 Å². The summed E-state index contributed by atoms with van der Waals surface area (Å²) in [5, 5.41) is 0. The highest BCUT2D eigenvalue weighted by molar-refractivity contribution is 5.22. The van der Waals surface area contributed by atoms with Gasteiger partial charge in [-0.3, -0.25) is 0 Å². The average Bonchev–Trinajstić information content (AvgIpc) is 2.75. The molecular weight excluding hydrogens is 206 g/mol. The lowest BCUT2D eigenvalue weighted by atomic mass is 9.82. The number of nitrogens with zero attached hydrogens (tertiary/aromatic N) is 1. The molecule has 1 aromatic carbocycles. The van der Waals surface area contributed by atoms with Gasteiger partial charge in [-0.2, -0.15) is 0 Å². The highest BCUT2D eigenvalue weighted by atomic mass is 15.1. The Morgan fingerprint density at radius 1 is 1.18 bits per heavy atom. The van der Waals surface area contributed by atoms with Crippen molar-refractivity contribution in [3.63, 3.8) is 0 Å². The maximum absolute atomic E-state index is 2.64. The van der Waals surface area contributed by atoms with Crippen LogP contribution in [-0.4, -0.2) is 24.5 Å². The smallest absolute Gasteiger partial charge is 0.00536 e. The summed E-state index contributed by atoms with van der Waals surface area (Å²) in [6, 6.07) is 11.1. The van der Waals surface area contributed by atoms with E-state index in [1.165, 1.54) is 31.6 Å². The third kappa shape index (κ3) is 2.90. The Kier molecular flexibility index (Phi) is 4.22. The first kappa shape index (κ1) is 12.6. The van der Waals surface area contributed by atoms with Crippen molar-refractivity contribution in [3.8, 4) is 0 Å². The van der Waals surface area contributed by atoms with Crippen LogP contribution in [-0.2, 0) is 0 Å². The highest BCUT2D eigenvalue weighted by Gasteiger charge is 2.34. The second kappa shape index (κ2) is 5.68. The van der Waals surface area contributed by atoms with Crippen LogP contribution in [0, 0.1) is 11.8 Å². The van der Waals surface area contributed by atoms with Gasteiger partial charge in [0.1, 0.15) is 0 Å². The minimum atomic E-state index is 0.739. The van der Waals surface area contributed by atoms with Gasteiger partial charge in [-0.25, -0.2) is 0 Å². The fourth-order valence-electron chi connectivity index (χ4n) is 3.14. The molecule has 0 N–H and O–H groups in total. The van der Waals surface area contributed by atoms with Crippen LogP contribution in [0.4, 0.5) is 0 Å². The molecule has 94 valence electrons. The summed E-state index contributed by atoms with van der Waals surface area (Å²) in [5.41, 5.74) is 1.53. The summed E-state index contributed by atoms with van der Waals surface area (Å²) in [5.74, 6) is 2.34. The molecule has 1 saturated heterocycles. The van der Waals surface area contributed by atoms with E-state index in [0.29, 0.717) is 0 Å². The largest absolute Gasteiger partial charge is 0.302 e. The zero-order valence-corrected chi connectivity index (χ0v) is 11.4. The predicted octanol–water partition coefficient (Wildman–Crippen LogP) is 3.77. The minimum Gasteiger partial charge on any atom is -0.302 e. The first-order valence-corrected chi connectivity index (χ1v) is 6.99. The van der Waals surface area contributed by atoms with E-state index in [0.717, 1.165) is 17.8 Å². The standard InChI is InChI=1S/C16H25N/c1-4-10-17-11-15(13(2)3)16(12-17)14-8-6-5-7-9-14/h5-9,13,15-16H,4,10-12H2,1-3H3/t15-,16-/m1/s1. The van der Waals surface area contributed by atoms with Crippen LogP contribution in [0.1, 0.15) is 38.7 Å². The molecule has 17 heavy (non-hydrogen) atoms. The van der Waals surface area contributed by atoms with Crippen molar-refractivity contribution < 1.29 is 0 Å². The Balaban J connectivity index is 2.14. The van der Waals surface area contributed by atoms with Gasteiger partial charge in [-0.15, -0.1) is 0 Å². The van der Waals surface area contributed by atoms with Crippen LogP contribution < -0.4 is 0 Å². The first-order valence-electron chi connectivity index (χ1n) is 6.99. The third-order valence-electron chi connectivity index (χ3n) is 4.06. The number of benzene rings is 1. The summed E-state index contributed by atoms with van der Waals surface area (Å²) in [6.07, 6.45) is 1.27. The van der Waals surface area contributed by atoms with Crippen molar-refractivity contribution in [2.45, 2.75) is 33.1 Å². The lowest BCUT2D eigenvalue weighted by Crippen LogP contribution is -2.22. The monoisotopic (exact) mass is 231 g/mol. The number of likely N-dealkylation sites (tertiary alicyclic amines) is 1. The summed E-state index contributed by atoms with van der Waals surface area (Å²) in [6.45, 7) is 10.8. The molecule has 1 nitrogen and oxygen atoms in total. The van der Waals surface area contributed by atoms with Gasteiger partial charge in [0.25, 0.3) is 0 Å². The molecule has 0 spiro atoms. The van der Waals surface area contributed by atoms with Gasteiger partial charge < -0.3 is 4.90 Å². The van der Waals surface area contributed by atoms with E-state index in [9.17, 15) is 0 Å². The fraction of sp³-hybridized carbons (Fsp3) is 0.625. The van der Waals surface area contributed by atoms with Crippen LogP contribution in [0.15, 0.2) is 30.3 Å². The molecule has 2 rings (SSSR count). The Morgan fingerprint density at radius 3 is 2.47 bits per heavy atom. The molecule has 0 aromatic heterocycles. The van der Waals surface area contributed by atoms with Gasteiger partial charge in [0.05, 0.1) is 0 Å². The van der Waals surface area contributed by atoms with Gasteiger partial charge >= 0.3 is 0 Å². The van der Waals surface area contributed by atoms with E-state index in [1.54, 1.807) is 0 Å². The van der Waals surface area contributed by atoms with Crippen LogP contribution in [0.5, 0.6) is 0 Å². The minimum absolute atomic E-state index is 0.739. The van der Waals surface area contributed by atoms with E-state index < -0.39 is 0 Å². The molecule has 2 atom stereocenters. The molecule has 1 aromatic rings. The Labute approximate surface area is 106 Å². The molecule has 0 bridgehead atoms. The van der Waals surface area contributed by atoms with E-state index in [4.69, 9.17) is 0 Å². The second-order valence-electron chi connectivity index (χ2n) is 5.68. The number of hydrogen-bond acceptors (Lipinski definition) is 1. The fourth-order valence-corrected chi connectivity index (χ4v) is 3.14. The molecule has 0 amide bonds. The molecule has 1 heteroatoms. The van der Waals surface area contributed by atoms with Gasteiger partial charge in [0, 0.05) is 19.0 Å². The molecule has 0 unspecified atom stereocenters. The summed E-state index contributed by atoms with van der Waals surface area (Å²) >= 11 is 0. The molecule has 0 aliphatic carbocycles. The van der Waals surface area contributed by atoms with Gasteiger partial charge in [0.2, 0.25) is 0 Å². The van der Waals surface area contributed by atoms with Crippen molar-refractivity contribution in [2.24, 2.45) is 11.8 Å². The zero-order chi connectivity index (χ0) is 12.3. The van der Waals surface area contributed by atoms with Gasteiger partial charge in [-0.1, -0.05) is 51.1 Å². The van der Waals surface area contributed by atoms with E-state index >= 15 is 0 Å². The molecule has 1 aliphatic rings. The third-order valence-corrected chi connectivity index (χ3v) is 4.06. The maximum Gasteiger partial charge on any atom is 0.00536 e. The summed E-state index contributed by atoms with van der Waals surface area (Å²) in [7, 11) is 0. The maximum atomic E-state index is 2.64. The number of rotatable bonds is 4. The van der Waals surface area contributed by atoms with E-state index in [2.05, 4.69) is 56.0 Å². The van der Waals surface area contributed by atoms with Crippen molar-refractivity contribution in [2.75, 3.05) is 19.6 Å². The molecular formula is C16H25N. The van der Waals surface area contributed by atoms with Crippen molar-refractivity contribution >= 4 is 0 Å². The lowest BCUT2D eigenvalue weighted by Gasteiger charge is -2.22. The Hall–Kier alpha value is -0.820. The van der Waals surface area contributed by atoms with Gasteiger partial charge in [0.15, 0.2) is 0 Å². The molecule has 1 heterocycles. The topological polar surface area (TPSA) is 3.24 Å². The molecule has 0 saturated carbocycles. The molecule has 0 radical (unpaired) electrons. The highest BCUT2D eigenvalue weighted by Crippen LogP contribution is 2.36. The first-order chi connectivity index (χ1) is 8.22. The molecule has 1 aliphatic heterocycles. The quantitative estimate of drug-likeness (QED) is 0.762. The summed E-state index contributed by atoms with van der Waals surface area (Å²) in [4.78, 5) is 2.64. The van der Waals surface area contributed by atoms with Crippen LogP contribution in [0.2, 0.25) is 0 Å². The SMILES string of the molecule is CCCN1C[C@H](c2ccccc2)[C@@H](C(C)C)C1.